The fourth-order valence-electron chi connectivity index (χ4n) is 3.84. The van der Waals surface area contributed by atoms with Crippen molar-refractivity contribution in [2.75, 3.05) is 0 Å². The zero-order valence-corrected chi connectivity index (χ0v) is 15.8. The quantitative estimate of drug-likeness (QED) is 0.324. The van der Waals surface area contributed by atoms with E-state index in [-0.39, 0.29) is 0 Å². The number of rotatable bonds is 9. The van der Waals surface area contributed by atoms with Crippen LogP contribution in [0.4, 0.5) is 0 Å². The molecule has 0 bridgehead atoms. The Morgan fingerprint density at radius 1 is 0.875 bits per heavy atom. The summed E-state index contributed by atoms with van der Waals surface area (Å²) in [6.07, 6.45) is 22.8. The van der Waals surface area contributed by atoms with Crippen LogP contribution in [0.5, 0.6) is 0 Å². The van der Waals surface area contributed by atoms with Crippen molar-refractivity contribution in [2.45, 2.75) is 78.1 Å². The van der Waals surface area contributed by atoms with Crippen molar-refractivity contribution >= 4 is 6.08 Å². The van der Waals surface area contributed by atoms with Crippen LogP contribution < -0.4 is 0 Å². The Morgan fingerprint density at radius 3 is 2.29 bits per heavy atom. The van der Waals surface area contributed by atoms with Gasteiger partial charge in [0.1, 0.15) is 0 Å². The molecule has 1 aromatic carbocycles. The second-order valence-corrected chi connectivity index (χ2v) is 7.51. The topological polar surface area (TPSA) is 0 Å². The molecule has 0 unspecified atom stereocenters. The van der Waals surface area contributed by atoms with Crippen molar-refractivity contribution in [3.63, 3.8) is 0 Å². The summed E-state index contributed by atoms with van der Waals surface area (Å²) in [7, 11) is 0. The zero-order valence-electron chi connectivity index (χ0n) is 15.8. The van der Waals surface area contributed by atoms with Crippen LogP contribution in [-0.2, 0) is 6.42 Å². The Kier molecular flexibility index (Phi) is 8.95. The molecule has 0 N–H and O–H groups in total. The van der Waals surface area contributed by atoms with E-state index in [4.69, 9.17) is 0 Å². The standard InChI is InChI=1S/C24H36/c1-3-5-6-10-22-17-19-24(20-18-22)12-8-7-11-23-15-13-21(9-4-2)14-16-23/h7-8,11-12,17-21,23H,3-6,9-10,13-16H2,1-2H3/t21-,23-. The molecule has 132 valence electrons. The molecule has 0 radical (unpaired) electrons. The Labute approximate surface area is 150 Å². The first-order valence-corrected chi connectivity index (χ1v) is 10.3. The lowest BCUT2D eigenvalue weighted by Crippen LogP contribution is -2.12. The summed E-state index contributed by atoms with van der Waals surface area (Å²) < 4.78 is 0. The lowest BCUT2D eigenvalue weighted by Gasteiger charge is -2.26. The van der Waals surface area contributed by atoms with E-state index in [2.05, 4.69) is 62.4 Å². The molecule has 1 saturated carbocycles. The third kappa shape index (κ3) is 7.07. The average Bonchev–Trinajstić information content (AvgIpc) is 2.62. The monoisotopic (exact) mass is 324 g/mol. The lowest BCUT2D eigenvalue weighted by molar-refractivity contribution is 0.294. The number of hydrogen-bond acceptors (Lipinski definition) is 0. The van der Waals surface area contributed by atoms with Crippen LogP contribution in [0.1, 0.15) is 82.8 Å². The minimum absolute atomic E-state index is 0.809. The van der Waals surface area contributed by atoms with E-state index in [1.165, 1.54) is 75.3 Å². The molecule has 0 aliphatic heterocycles. The van der Waals surface area contributed by atoms with Crippen molar-refractivity contribution < 1.29 is 0 Å². The van der Waals surface area contributed by atoms with E-state index in [9.17, 15) is 0 Å². The van der Waals surface area contributed by atoms with Crippen molar-refractivity contribution in [3.8, 4) is 0 Å². The third-order valence-corrected chi connectivity index (χ3v) is 5.42. The van der Waals surface area contributed by atoms with E-state index in [0.29, 0.717) is 0 Å². The first-order chi connectivity index (χ1) is 11.8. The molecule has 0 heterocycles. The number of unbranched alkanes of at least 4 members (excludes halogenated alkanes) is 2. The summed E-state index contributed by atoms with van der Waals surface area (Å²) in [6, 6.07) is 9.07. The minimum Gasteiger partial charge on any atom is -0.0814 e. The molecule has 24 heavy (non-hydrogen) atoms. The van der Waals surface area contributed by atoms with Gasteiger partial charge in [-0.1, -0.05) is 88.1 Å². The largest absolute Gasteiger partial charge is 0.0814 e. The Hall–Kier alpha value is -1.30. The van der Waals surface area contributed by atoms with Crippen molar-refractivity contribution in [3.05, 3.63) is 53.6 Å². The van der Waals surface area contributed by atoms with Crippen LogP contribution in [0.3, 0.4) is 0 Å². The Balaban J connectivity index is 1.71. The molecule has 0 aromatic heterocycles. The molecule has 1 aliphatic rings. The summed E-state index contributed by atoms with van der Waals surface area (Å²) >= 11 is 0. The summed E-state index contributed by atoms with van der Waals surface area (Å²) in [4.78, 5) is 0. The van der Waals surface area contributed by atoms with Gasteiger partial charge in [0, 0.05) is 0 Å². The normalized spacial score (nSPS) is 21.8. The van der Waals surface area contributed by atoms with Gasteiger partial charge in [0.2, 0.25) is 0 Å². The predicted molar refractivity (Wildman–Crippen MR) is 108 cm³/mol. The molecular formula is C24H36. The Bertz CT molecular complexity index is 483. The summed E-state index contributed by atoms with van der Waals surface area (Å²) in [5.74, 6) is 1.81. The first kappa shape index (κ1) is 19.0. The molecule has 0 amide bonds. The predicted octanol–water partition coefficient (Wildman–Crippen LogP) is 7.60. The van der Waals surface area contributed by atoms with Crippen LogP contribution in [-0.4, -0.2) is 0 Å². The van der Waals surface area contributed by atoms with Crippen LogP contribution in [0, 0.1) is 11.8 Å². The number of hydrogen-bond donors (Lipinski definition) is 0. The van der Waals surface area contributed by atoms with Crippen LogP contribution in [0.2, 0.25) is 0 Å². The van der Waals surface area contributed by atoms with Crippen LogP contribution >= 0.6 is 0 Å². The van der Waals surface area contributed by atoms with Crippen molar-refractivity contribution in [1.82, 2.24) is 0 Å². The highest BCUT2D eigenvalue weighted by Gasteiger charge is 2.18. The maximum Gasteiger partial charge on any atom is -0.0230 e. The zero-order chi connectivity index (χ0) is 17.0. The molecule has 2 rings (SSSR count). The van der Waals surface area contributed by atoms with E-state index >= 15 is 0 Å². The van der Waals surface area contributed by atoms with Gasteiger partial charge in [-0.25, -0.2) is 0 Å². The SMILES string of the molecule is CCCCCc1ccc(C=CC=C[C@H]2CC[C@H](CCC)CC2)cc1. The summed E-state index contributed by atoms with van der Waals surface area (Å²) in [5.41, 5.74) is 2.78. The fraction of sp³-hybridized carbons (Fsp3) is 0.583. The first-order valence-electron chi connectivity index (χ1n) is 10.3. The van der Waals surface area contributed by atoms with Gasteiger partial charge in [0.15, 0.2) is 0 Å². The smallest absolute Gasteiger partial charge is 0.0230 e. The van der Waals surface area contributed by atoms with Gasteiger partial charge >= 0.3 is 0 Å². The minimum atomic E-state index is 0.809. The molecule has 1 aromatic rings. The molecule has 0 spiro atoms. The molecule has 0 atom stereocenters. The maximum atomic E-state index is 2.43. The highest BCUT2D eigenvalue weighted by Crippen LogP contribution is 2.32. The second-order valence-electron chi connectivity index (χ2n) is 7.51. The molecule has 1 aliphatic carbocycles. The van der Waals surface area contributed by atoms with Crippen LogP contribution in [0.25, 0.3) is 6.08 Å². The summed E-state index contributed by atoms with van der Waals surface area (Å²) in [5, 5.41) is 0. The van der Waals surface area contributed by atoms with E-state index in [0.717, 1.165) is 11.8 Å². The van der Waals surface area contributed by atoms with E-state index in [1.807, 2.05) is 0 Å². The van der Waals surface area contributed by atoms with Gasteiger partial charge in [-0.05, 0) is 61.5 Å². The van der Waals surface area contributed by atoms with E-state index in [1.54, 1.807) is 0 Å². The highest BCUT2D eigenvalue weighted by molar-refractivity contribution is 5.51. The van der Waals surface area contributed by atoms with Gasteiger partial charge in [-0.2, -0.15) is 0 Å². The Morgan fingerprint density at radius 2 is 1.62 bits per heavy atom. The van der Waals surface area contributed by atoms with Crippen molar-refractivity contribution in [1.29, 1.82) is 0 Å². The van der Waals surface area contributed by atoms with Crippen LogP contribution in [0.15, 0.2) is 42.5 Å². The average molecular weight is 325 g/mol. The fourth-order valence-corrected chi connectivity index (χ4v) is 3.84. The summed E-state index contributed by atoms with van der Waals surface area (Å²) in [6.45, 7) is 4.58. The van der Waals surface area contributed by atoms with E-state index < -0.39 is 0 Å². The number of aryl methyl sites for hydroxylation is 1. The van der Waals surface area contributed by atoms with Crippen molar-refractivity contribution in [2.24, 2.45) is 11.8 Å². The van der Waals surface area contributed by atoms with Gasteiger partial charge < -0.3 is 0 Å². The molecule has 0 nitrogen and oxygen atoms in total. The number of allylic oxidation sites excluding steroid dienone is 3. The molecule has 0 heteroatoms. The van der Waals surface area contributed by atoms with Gasteiger partial charge in [-0.3, -0.25) is 0 Å². The molecule has 0 saturated heterocycles. The van der Waals surface area contributed by atoms with Gasteiger partial charge in [0.05, 0.1) is 0 Å². The highest BCUT2D eigenvalue weighted by atomic mass is 14.2. The lowest BCUT2D eigenvalue weighted by atomic mass is 9.80. The van der Waals surface area contributed by atoms with Gasteiger partial charge in [-0.15, -0.1) is 0 Å². The second kappa shape index (κ2) is 11.3. The number of benzene rings is 1. The molecule has 1 fully saturated rings. The third-order valence-electron chi connectivity index (χ3n) is 5.42. The molecular weight excluding hydrogens is 288 g/mol. The maximum absolute atomic E-state index is 2.43. The van der Waals surface area contributed by atoms with Gasteiger partial charge in [0.25, 0.3) is 0 Å².